The Balaban J connectivity index is 2.10. The van der Waals surface area contributed by atoms with E-state index in [0.717, 1.165) is 6.07 Å². The molecule has 0 aliphatic heterocycles. The van der Waals surface area contributed by atoms with Gasteiger partial charge in [-0.25, -0.2) is 4.39 Å². The first-order valence-electron chi connectivity index (χ1n) is 6.14. The molecule has 0 radical (unpaired) electrons. The van der Waals surface area contributed by atoms with Crippen molar-refractivity contribution in [1.82, 2.24) is 0 Å². The van der Waals surface area contributed by atoms with Crippen LogP contribution in [0.1, 0.15) is 15.9 Å². The molecule has 21 heavy (non-hydrogen) atoms. The number of benzene rings is 2. The van der Waals surface area contributed by atoms with E-state index >= 15 is 0 Å². The van der Waals surface area contributed by atoms with Gasteiger partial charge in [-0.1, -0.05) is 18.2 Å². The third kappa shape index (κ3) is 3.62. The van der Waals surface area contributed by atoms with Crippen LogP contribution in [0.5, 0.6) is 5.75 Å². The van der Waals surface area contributed by atoms with Crippen molar-refractivity contribution in [3.63, 3.8) is 0 Å². The summed E-state index contributed by atoms with van der Waals surface area (Å²) < 4.78 is 18.1. The van der Waals surface area contributed by atoms with Crippen LogP contribution in [0.25, 0.3) is 0 Å². The number of aryl methyl sites for hydroxylation is 1. The van der Waals surface area contributed by atoms with Gasteiger partial charge in [0.2, 0.25) is 0 Å². The van der Waals surface area contributed by atoms with Gasteiger partial charge < -0.3 is 4.74 Å². The molecule has 0 aliphatic carbocycles. The molecule has 5 nitrogen and oxygen atoms in total. The van der Waals surface area contributed by atoms with Gasteiger partial charge in [0, 0.05) is 23.3 Å². The molecule has 0 spiro atoms. The molecular formula is C15H12FNO4. The lowest BCUT2D eigenvalue weighted by atomic mass is 10.1. The highest BCUT2D eigenvalue weighted by atomic mass is 19.1. The Morgan fingerprint density at radius 1 is 1.29 bits per heavy atom. The first-order chi connectivity index (χ1) is 9.97. The Morgan fingerprint density at radius 3 is 2.71 bits per heavy atom. The van der Waals surface area contributed by atoms with Crippen LogP contribution in [0.3, 0.4) is 0 Å². The van der Waals surface area contributed by atoms with E-state index in [-0.39, 0.29) is 23.6 Å². The molecule has 0 amide bonds. The van der Waals surface area contributed by atoms with E-state index in [1.54, 1.807) is 6.92 Å². The lowest BCUT2D eigenvalue weighted by molar-refractivity contribution is -0.385. The molecule has 2 aromatic carbocycles. The summed E-state index contributed by atoms with van der Waals surface area (Å²) in [6.07, 6.45) is 0. The van der Waals surface area contributed by atoms with Crippen molar-refractivity contribution in [3.8, 4) is 5.75 Å². The average molecular weight is 289 g/mol. The van der Waals surface area contributed by atoms with Crippen LogP contribution >= 0.6 is 0 Å². The minimum absolute atomic E-state index is 0.119. The van der Waals surface area contributed by atoms with E-state index in [1.807, 2.05) is 0 Å². The molecule has 0 saturated heterocycles. The van der Waals surface area contributed by atoms with Gasteiger partial charge in [0.25, 0.3) is 5.69 Å². The van der Waals surface area contributed by atoms with Crippen LogP contribution in [-0.2, 0) is 0 Å². The van der Waals surface area contributed by atoms with Gasteiger partial charge in [-0.2, -0.15) is 0 Å². The normalized spacial score (nSPS) is 10.2. The summed E-state index contributed by atoms with van der Waals surface area (Å²) >= 11 is 0. The number of ketones is 1. The quantitative estimate of drug-likeness (QED) is 0.481. The Hall–Kier alpha value is -2.76. The van der Waals surface area contributed by atoms with E-state index in [0.29, 0.717) is 5.56 Å². The molecular weight excluding hydrogens is 277 g/mol. The average Bonchev–Trinajstić information content (AvgIpc) is 2.45. The monoisotopic (exact) mass is 289 g/mol. The molecule has 2 rings (SSSR count). The number of Topliss-reactive ketones (excluding diaryl/α,β-unsaturated/α-hetero) is 1. The lowest BCUT2D eigenvalue weighted by Crippen LogP contribution is -2.12. The summed E-state index contributed by atoms with van der Waals surface area (Å²) in [5.41, 5.74) is 0.540. The number of halogens is 1. The number of nitro groups is 1. The molecule has 2 aromatic rings. The molecule has 0 unspecified atom stereocenters. The number of hydrogen-bond donors (Lipinski definition) is 0. The number of carbonyl (C=O) groups is 1. The van der Waals surface area contributed by atoms with E-state index in [1.165, 1.54) is 36.4 Å². The van der Waals surface area contributed by atoms with Crippen molar-refractivity contribution >= 4 is 11.5 Å². The van der Waals surface area contributed by atoms with Crippen LogP contribution in [-0.4, -0.2) is 17.3 Å². The molecule has 0 fully saturated rings. The van der Waals surface area contributed by atoms with Gasteiger partial charge in [-0.15, -0.1) is 0 Å². The highest BCUT2D eigenvalue weighted by Crippen LogP contribution is 2.20. The number of hydrogen-bond acceptors (Lipinski definition) is 4. The number of nitrogens with zero attached hydrogens (tertiary/aromatic N) is 1. The largest absolute Gasteiger partial charge is 0.485 e. The Morgan fingerprint density at radius 2 is 2.05 bits per heavy atom. The van der Waals surface area contributed by atoms with Crippen LogP contribution in [0.4, 0.5) is 10.1 Å². The highest BCUT2D eigenvalue weighted by Gasteiger charge is 2.15. The standard InChI is InChI=1S/C15H12FNO4/c1-10-5-6-11(7-14(10)17(19)20)15(18)9-21-13-4-2-3-12(16)8-13/h2-8H,9H2,1H3. The number of nitro benzene ring substituents is 1. The van der Waals surface area contributed by atoms with Crippen LogP contribution in [0.15, 0.2) is 42.5 Å². The summed E-state index contributed by atoms with van der Waals surface area (Å²) in [5, 5.41) is 10.8. The second kappa shape index (κ2) is 6.13. The van der Waals surface area contributed by atoms with Gasteiger partial charge >= 0.3 is 0 Å². The van der Waals surface area contributed by atoms with Gasteiger partial charge in [0.15, 0.2) is 12.4 Å². The summed E-state index contributed by atoms with van der Waals surface area (Å²) in [4.78, 5) is 22.2. The van der Waals surface area contributed by atoms with Gasteiger partial charge in [0.05, 0.1) is 4.92 Å². The smallest absolute Gasteiger partial charge is 0.273 e. The Bertz CT molecular complexity index is 700. The number of ether oxygens (including phenoxy) is 1. The number of carbonyl (C=O) groups excluding carboxylic acids is 1. The molecule has 0 bridgehead atoms. The zero-order chi connectivity index (χ0) is 15.4. The van der Waals surface area contributed by atoms with Gasteiger partial charge in [0.1, 0.15) is 11.6 Å². The maximum Gasteiger partial charge on any atom is 0.273 e. The summed E-state index contributed by atoms with van der Waals surface area (Å²) in [6, 6.07) is 9.63. The molecule has 0 saturated carbocycles. The third-order valence-electron chi connectivity index (χ3n) is 2.89. The molecule has 6 heteroatoms. The molecule has 0 N–H and O–H groups in total. The van der Waals surface area contributed by atoms with Crippen molar-refractivity contribution in [1.29, 1.82) is 0 Å². The first kappa shape index (κ1) is 14.6. The summed E-state index contributed by atoms with van der Waals surface area (Å²) in [5.74, 6) is -0.654. The predicted molar refractivity (Wildman–Crippen MR) is 74.1 cm³/mol. The molecule has 0 aromatic heterocycles. The van der Waals surface area contributed by atoms with Crippen LogP contribution < -0.4 is 4.74 Å². The van der Waals surface area contributed by atoms with Crippen molar-refractivity contribution < 1.29 is 18.8 Å². The Kier molecular flexibility index (Phi) is 4.27. The number of rotatable bonds is 5. The second-order valence-electron chi connectivity index (χ2n) is 4.43. The minimum Gasteiger partial charge on any atom is -0.485 e. The maximum absolute atomic E-state index is 13.0. The summed E-state index contributed by atoms with van der Waals surface area (Å²) in [6.45, 7) is 1.28. The lowest BCUT2D eigenvalue weighted by Gasteiger charge is -2.06. The fourth-order valence-corrected chi connectivity index (χ4v) is 1.77. The third-order valence-corrected chi connectivity index (χ3v) is 2.89. The van der Waals surface area contributed by atoms with E-state index < -0.39 is 16.5 Å². The second-order valence-corrected chi connectivity index (χ2v) is 4.43. The maximum atomic E-state index is 13.0. The van der Waals surface area contributed by atoms with Gasteiger partial charge in [-0.3, -0.25) is 14.9 Å². The zero-order valence-electron chi connectivity index (χ0n) is 11.2. The summed E-state index contributed by atoms with van der Waals surface area (Å²) in [7, 11) is 0. The van der Waals surface area contributed by atoms with Crippen LogP contribution in [0, 0.1) is 22.9 Å². The molecule has 108 valence electrons. The molecule has 0 heterocycles. The zero-order valence-corrected chi connectivity index (χ0v) is 11.2. The van der Waals surface area contributed by atoms with Crippen molar-refractivity contribution in [2.24, 2.45) is 0 Å². The van der Waals surface area contributed by atoms with Crippen molar-refractivity contribution in [2.45, 2.75) is 6.92 Å². The van der Waals surface area contributed by atoms with Crippen molar-refractivity contribution in [2.75, 3.05) is 6.61 Å². The van der Waals surface area contributed by atoms with E-state index in [4.69, 9.17) is 4.74 Å². The minimum atomic E-state index is -0.542. The van der Waals surface area contributed by atoms with Crippen LogP contribution in [0.2, 0.25) is 0 Å². The highest BCUT2D eigenvalue weighted by molar-refractivity contribution is 5.97. The van der Waals surface area contributed by atoms with Gasteiger partial charge in [-0.05, 0) is 19.1 Å². The Labute approximate surface area is 120 Å². The molecule has 0 atom stereocenters. The fraction of sp³-hybridized carbons (Fsp3) is 0.133. The fourth-order valence-electron chi connectivity index (χ4n) is 1.77. The van der Waals surface area contributed by atoms with E-state index in [2.05, 4.69) is 0 Å². The predicted octanol–water partition coefficient (Wildman–Crippen LogP) is 3.30. The van der Waals surface area contributed by atoms with E-state index in [9.17, 15) is 19.3 Å². The van der Waals surface area contributed by atoms with Crippen molar-refractivity contribution in [3.05, 3.63) is 69.5 Å². The SMILES string of the molecule is Cc1ccc(C(=O)COc2cccc(F)c2)cc1[N+](=O)[O-]. The topological polar surface area (TPSA) is 69.4 Å². The first-order valence-corrected chi connectivity index (χ1v) is 6.14. The molecule has 0 aliphatic rings.